The van der Waals surface area contributed by atoms with Crippen molar-refractivity contribution < 1.29 is 47.7 Å². The number of halogens is 1. The number of esters is 4. The fraction of sp³-hybridized carbons (Fsp3) is 0.263. The molecule has 0 bridgehead atoms. The number of hydrogen-bond donors (Lipinski definition) is 0. The summed E-state index contributed by atoms with van der Waals surface area (Å²) in [5, 5.41) is 0. The highest BCUT2D eigenvalue weighted by molar-refractivity contribution is 9.10. The molecule has 1 unspecified atom stereocenters. The first-order valence-electron chi connectivity index (χ1n) is 16.7. The number of carbonyl (C=O) groups excluding carboxylic acids is 6. The molecule has 0 spiro atoms. The summed E-state index contributed by atoms with van der Waals surface area (Å²) < 4.78 is 21.1. The summed E-state index contributed by atoms with van der Waals surface area (Å²) >= 11 is 2.98. The molecule has 16 heteroatoms. The SMILES string of the molecule is CCOC(=O)C(Br)C(=O)c1ccccn1.CCOC(=O)CC(=O)c1ccccn1.CCOC(=O)c1cccn2c(C(=O)OCC)c(-c3ccccn3)nc12. The van der Waals surface area contributed by atoms with Crippen molar-refractivity contribution in [2.24, 2.45) is 0 Å². The van der Waals surface area contributed by atoms with Gasteiger partial charge in [-0.25, -0.2) is 14.6 Å². The zero-order valence-electron chi connectivity index (χ0n) is 30.0. The lowest BCUT2D eigenvalue weighted by Crippen LogP contribution is -2.27. The summed E-state index contributed by atoms with van der Waals surface area (Å²) in [4.78, 5) is 85.4. The molecule has 0 N–H and O–H groups in total. The van der Waals surface area contributed by atoms with E-state index in [0.29, 0.717) is 22.7 Å². The summed E-state index contributed by atoms with van der Waals surface area (Å²) in [7, 11) is 0. The maximum atomic E-state index is 12.5. The van der Waals surface area contributed by atoms with Crippen LogP contribution in [0, 0.1) is 0 Å². The van der Waals surface area contributed by atoms with Gasteiger partial charge in [-0.3, -0.25) is 38.5 Å². The van der Waals surface area contributed by atoms with Crippen molar-refractivity contribution in [3.8, 4) is 11.4 Å². The average molecular weight is 805 g/mol. The third-order valence-corrected chi connectivity index (χ3v) is 7.51. The second-order valence-electron chi connectivity index (χ2n) is 10.4. The molecule has 0 aliphatic carbocycles. The van der Waals surface area contributed by atoms with Gasteiger partial charge in [0.15, 0.2) is 22.0 Å². The van der Waals surface area contributed by atoms with Crippen LogP contribution in [0.5, 0.6) is 0 Å². The highest BCUT2D eigenvalue weighted by atomic mass is 79.9. The molecule has 0 aromatic carbocycles. The number of nitrogens with zero attached hydrogens (tertiary/aromatic N) is 5. The van der Waals surface area contributed by atoms with Crippen molar-refractivity contribution in [3.63, 3.8) is 0 Å². The summed E-state index contributed by atoms with van der Waals surface area (Å²) in [6, 6.07) is 18.5. The Hall–Kier alpha value is -6.16. The smallest absolute Gasteiger partial charge is 0.357 e. The van der Waals surface area contributed by atoms with E-state index in [2.05, 4.69) is 40.6 Å². The van der Waals surface area contributed by atoms with E-state index < -0.39 is 34.5 Å². The minimum absolute atomic E-state index is 0.224. The second kappa shape index (κ2) is 22.0. The number of fused-ring (bicyclic) bond motifs is 1. The maximum Gasteiger partial charge on any atom is 0.357 e. The highest BCUT2D eigenvalue weighted by Gasteiger charge is 2.27. The van der Waals surface area contributed by atoms with Crippen LogP contribution < -0.4 is 0 Å². The molecule has 5 heterocycles. The lowest BCUT2D eigenvalue weighted by Gasteiger charge is -2.06. The Morgan fingerprint density at radius 3 is 1.80 bits per heavy atom. The average Bonchev–Trinajstić information content (AvgIpc) is 3.59. The predicted molar refractivity (Wildman–Crippen MR) is 198 cm³/mol. The lowest BCUT2D eigenvalue weighted by atomic mass is 10.2. The van der Waals surface area contributed by atoms with Crippen molar-refractivity contribution in [2.75, 3.05) is 26.4 Å². The number of alkyl halides is 1. The van der Waals surface area contributed by atoms with Crippen LogP contribution in [-0.4, -0.2) is 91.0 Å². The van der Waals surface area contributed by atoms with Crippen LogP contribution in [0.3, 0.4) is 0 Å². The monoisotopic (exact) mass is 803 g/mol. The molecular formula is C38H38BrN5O10. The first-order valence-corrected chi connectivity index (χ1v) is 17.6. The van der Waals surface area contributed by atoms with Crippen LogP contribution in [-0.2, 0) is 28.5 Å². The molecule has 0 radical (unpaired) electrons. The number of aromatic nitrogens is 5. The number of ketones is 2. The van der Waals surface area contributed by atoms with E-state index in [-0.39, 0.29) is 55.6 Å². The molecule has 0 fully saturated rings. The van der Waals surface area contributed by atoms with Crippen LogP contribution in [0.15, 0.2) is 91.5 Å². The molecule has 54 heavy (non-hydrogen) atoms. The van der Waals surface area contributed by atoms with Crippen LogP contribution in [0.25, 0.3) is 17.0 Å². The third kappa shape index (κ3) is 11.9. The van der Waals surface area contributed by atoms with Gasteiger partial charge in [0.05, 0.1) is 32.1 Å². The molecule has 15 nitrogen and oxygen atoms in total. The van der Waals surface area contributed by atoms with E-state index >= 15 is 0 Å². The van der Waals surface area contributed by atoms with Crippen LogP contribution >= 0.6 is 15.9 Å². The number of imidazole rings is 1. The van der Waals surface area contributed by atoms with Gasteiger partial charge in [-0.05, 0) is 76.2 Å². The molecule has 0 aliphatic rings. The van der Waals surface area contributed by atoms with Crippen molar-refractivity contribution in [3.05, 3.63) is 114 Å². The normalized spacial score (nSPS) is 10.7. The Morgan fingerprint density at radius 2 is 1.24 bits per heavy atom. The quantitative estimate of drug-likeness (QED) is 0.0472. The maximum absolute atomic E-state index is 12.5. The summed E-state index contributed by atoms with van der Waals surface area (Å²) in [6.07, 6.45) is 6.03. The second-order valence-corrected chi connectivity index (χ2v) is 11.3. The van der Waals surface area contributed by atoms with Gasteiger partial charge in [0.2, 0.25) is 5.78 Å². The zero-order valence-corrected chi connectivity index (χ0v) is 31.6. The Morgan fingerprint density at radius 1 is 0.667 bits per heavy atom. The highest BCUT2D eigenvalue weighted by Crippen LogP contribution is 2.25. The van der Waals surface area contributed by atoms with Gasteiger partial charge in [0.1, 0.15) is 29.1 Å². The van der Waals surface area contributed by atoms with Crippen LogP contribution in [0.1, 0.15) is 75.9 Å². The number of ether oxygens (including phenoxy) is 4. The molecule has 282 valence electrons. The molecule has 0 aliphatic heterocycles. The van der Waals surface area contributed by atoms with E-state index in [4.69, 9.17) is 14.2 Å². The minimum atomic E-state index is -0.979. The Bertz CT molecular complexity index is 2030. The van der Waals surface area contributed by atoms with Gasteiger partial charge in [-0.1, -0.05) is 34.1 Å². The van der Waals surface area contributed by atoms with Crippen molar-refractivity contribution >= 4 is 57.0 Å². The molecule has 5 rings (SSSR count). The zero-order chi connectivity index (χ0) is 39.5. The minimum Gasteiger partial charge on any atom is -0.466 e. The standard InChI is InChI=1S/C18H17N3O4.C10H10BrNO3.C10H11NO3/c1-3-24-17(22)12-8-7-11-21-15(18(23)25-4-2)14(20-16(12)21)13-9-5-6-10-19-13;1-2-15-10(14)8(11)9(13)7-5-3-4-6-12-7;1-2-14-10(13)7-9(12)8-5-3-4-6-11-8/h5-11H,3-4H2,1-2H3;3-6,8H,2H2,1H3;3-6H,2,7H2,1H3. The summed E-state index contributed by atoms with van der Waals surface area (Å²) in [6.45, 7) is 7.85. The molecular weight excluding hydrogens is 766 g/mol. The molecule has 0 saturated carbocycles. The molecule has 0 saturated heterocycles. The van der Waals surface area contributed by atoms with E-state index in [1.54, 1.807) is 107 Å². The third-order valence-electron chi connectivity index (χ3n) is 6.72. The van der Waals surface area contributed by atoms with E-state index in [0.717, 1.165) is 0 Å². The van der Waals surface area contributed by atoms with Gasteiger partial charge in [0, 0.05) is 24.8 Å². The number of rotatable bonds is 13. The first kappa shape index (κ1) is 42.3. The van der Waals surface area contributed by atoms with Gasteiger partial charge in [-0.15, -0.1) is 0 Å². The topological polar surface area (TPSA) is 195 Å². The predicted octanol–water partition coefficient (Wildman–Crippen LogP) is 5.56. The molecule has 5 aromatic rings. The first-order chi connectivity index (χ1) is 26.1. The number of hydrogen-bond acceptors (Lipinski definition) is 14. The fourth-order valence-corrected chi connectivity index (χ4v) is 4.80. The van der Waals surface area contributed by atoms with Crippen LogP contribution in [0.4, 0.5) is 0 Å². The molecule has 1 atom stereocenters. The van der Waals surface area contributed by atoms with E-state index in [9.17, 15) is 28.8 Å². The summed E-state index contributed by atoms with van der Waals surface area (Å²) in [5.74, 6) is -2.84. The van der Waals surface area contributed by atoms with E-state index in [1.807, 2.05) is 0 Å². The molecule has 5 aromatic heterocycles. The Kier molecular flexibility index (Phi) is 17.2. The van der Waals surface area contributed by atoms with Crippen molar-refractivity contribution in [1.82, 2.24) is 24.3 Å². The van der Waals surface area contributed by atoms with Crippen molar-refractivity contribution in [1.29, 1.82) is 0 Å². The number of carbonyl (C=O) groups is 6. The lowest BCUT2D eigenvalue weighted by molar-refractivity contribution is -0.142. The largest absolute Gasteiger partial charge is 0.466 e. The van der Waals surface area contributed by atoms with Crippen LogP contribution in [0.2, 0.25) is 0 Å². The fourth-order valence-electron chi connectivity index (χ4n) is 4.43. The van der Waals surface area contributed by atoms with Gasteiger partial charge >= 0.3 is 23.9 Å². The van der Waals surface area contributed by atoms with Gasteiger partial charge in [0.25, 0.3) is 0 Å². The van der Waals surface area contributed by atoms with Gasteiger partial charge in [-0.2, -0.15) is 0 Å². The van der Waals surface area contributed by atoms with Gasteiger partial charge < -0.3 is 18.9 Å². The number of pyridine rings is 4. The summed E-state index contributed by atoms with van der Waals surface area (Å²) in [5.41, 5.74) is 2.23. The number of Topliss-reactive ketones (excluding diaryl/α,β-unsaturated/α-hetero) is 2. The molecule has 0 amide bonds. The Labute approximate surface area is 319 Å². The van der Waals surface area contributed by atoms with Crippen molar-refractivity contribution in [2.45, 2.75) is 38.9 Å². The Balaban J connectivity index is 0.000000233. The van der Waals surface area contributed by atoms with E-state index in [1.165, 1.54) is 16.8 Å².